The molecule has 1 heterocycles. The highest BCUT2D eigenvalue weighted by Crippen LogP contribution is 2.17. The number of rotatable bonds is 3. The van der Waals surface area contributed by atoms with Gasteiger partial charge in [-0.25, -0.2) is 0 Å². The number of hydrogen-bond acceptors (Lipinski definition) is 3. The molecule has 1 fully saturated rings. The van der Waals surface area contributed by atoms with Crippen LogP contribution in [0.25, 0.3) is 0 Å². The Morgan fingerprint density at radius 2 is 2.11 bits per heavy atom. The zero-order chi connectivity index (χ0) is 13.9. The maximum absolute atomic E-state index is 12.0. The first-order valence-corrected chi connectivity index (χ1v) is 6.86. The minimum absolute atomic E-state index is 0.00951. The van der Waals surface area contributed by atoms with Crippen LogP contribution in [0.1, 0.15) is 13.8 Å². The van der Waals surface area contributed by atoms with Gasteiger partial charge in [0, 0.05) is 35.9 Å². The summed E-state index contributed by atoms with van der Waals surface area (Å²) in [5, 5.41) is 6.91. The first-order chi connectivity index (χ1) is 8.97. The molecule has 0 radical (unpaired) electrons. The Kier molecular flexibility index (Phi) is 4.45. The summed E-state index contributed by atoms with van der Waals surface area (Å²) in [7, 11) is 0. The lowest BCUT2D eigenvalue weighted by Gasteiger charge is -2.42. The Morgan fingerprint density at radius 3 is 2.74 bits per heavy atom. The Bertz CT molecular complexity index is 445. The SMILES string of the molecule is CC1(C)CNCCN1CC(=O)Nc1ccc(Cl)cc1. The molecule has 1 amide bonds. The molecule has 1 aliphatic heterocycles. The number of amides is 1. The molecule has 4 nitrogen and oxygen atoms in total. The fraction of sp³-hybridized carbons (Fsp3) is 0.500. The Labute approximate surface area is 119 Å². The molecule has 0 saturated carbocycles. The molecule has 19 heavy (non-hydrogen) atoms. The van der Waals surface area contributed by atoms with Crippen molar-refractivity contribution in [2.75, 3.05) is 31.5 Å². The van der Waals surface area contributed by atoms with Crippen molar-refractivity contribution in [1.29, 1.82) is 0 Å². The topological polar surface area (TPSA) is 44.4 Å². The third kappa shape index (κ3) is 3.93. The third-order valence-corrected chi connectivity index (χ3v) is 3.69. The molecule has 1 aliphatic rings. The van der Waals surface area contributed by atoms with Crippen LogP contribution < -0.4 is 10.6 Å². The summed E-state index contributed by atoms with van der Waals surface area (Å²) in [5.74, 6) is 0.0114. The maximum Gasteiger partial charge on any atom is 0.238 e. The minimum Gasteiger partial charge on any atom is -0.325 e. The zero-order valence-corrected chi connectivity index (χ0v) is 12.1. The van der Waals surface area contributed by atoms with E-state index >= 15 is 0 Å². The van der Waals surface area contributed by atoms with Gasteiger partial charge in [0.05, 0.1) is 6.54 Å². The highest BCUT2D eigenvalue weighted by Gasteiger charge is 2.30. The van der Waals surface area contributed by atoms with Crippen LogP contribution in [0.15, 0.2) is 24.3 Å². The quantitative estimate of drug-likeness (QED) is 0.890. The van der Waals surface area contributed by atoms with Crippen LogP contribution >= 0.6 is 11.6 Å². The van der Waals surface area contributed by atoms with Gasteiger partial charge in [-0.1, -0.05) is 11.6 Å². The van der Waals surface area contributed by atoms with Gasteiger partial charge in [0.2, 0.25) is 5.91 Å². The molecule has 0 aromatic heterocycles. The molecule has 2 rings (SSSR count). The summed E-state index contributed by atoms with van der Waals surface area (Å²) in [6.45, 7) is 7.43. The van der Waals surface area contributed by atoms with Gasteiger partial charge in [0.15, 0.2) is 0 Å². The van der Waals surface area contributed by atoms with Crippen LogP contribution in [0.2, 0.25) is 5.02 Å². The number of anilines is 1. The van der Waals surface area contributed by atoms with Crippen molar-refractivity contribution in [3.63, 3.8) is 0 Å². The largest absolute Gasteiger partial charge is 0.325 e. The molecule has 104 valence electrons. The molecule has 0 unspecified atom stereocenters. The van der Waals surface area contributed by atoms with Gasteiger partial charge >= 0.3 is 0 Å². The smallest absolute Gasteiger partial charge is 0.238 e. The molecule has 0 atom stereocenters. The lowest BCUT2D eigenvalue weighted by molar-refractivity contribution is -0.119. The maximum atomic E-state index is 12.0. The Morgan fingerprint density at radius 1 is 1.42 bits per heavy atom. The summed E-state index contributed by atoms with van der Waals surface area (Å²) in [6.07, 6.45) is 0. The van der Waals surface area contributed by atoms with Crippen molar-refractivity contribution in [2.45, 2.75) is 19.4 Å². The molecule has 2 N–H and O–H groups in total. The van der Waals surface area contributed by atoms with Crippen molar-refractivity contribution >= 4 is 23.2 Å². The van der Waals surface area contributed by atoms with Gasteiger partial charge in [-0.2, -0.15) is 0 Å². The lowest BCUT2D eigenvalue weighted by atomic mass is 10.0. The lowest BCUT2D eigenvalue weighted by Crippen LogP contribution is -2.59. The number of hydrogen-bond donors (Lipinski definition) is 2. The number of piperazine rings is 1. The van der Waals surface area contributed by atoms with Crippen molar-refractivity contribution in [3.8, 4) is 0 Å². The molecular formula is C14H20ClN3O. The van der Waals surface area contributed by atoms with E-state index in [-0.39, 0.29) is 11.4 Å². The van der Waals surface area contributed by atoms with Crippen LogP contribution in [0, 0.1) is 0 Å². The van der Waals surface area contributed by atoms with Crippen molar-refractivity contribution in [3.05, 3.63) is 29.3 Å². The van der Waals surface area contributed by atoms with Gasteiger partial charge in [-0.15, -0.1) is 0 Å². The molecule has 0 bridgehead atoms. The van der Waals surface area contributed by atoms with E-state index in [9.17, 15) is 4.79 Å². The van der Waals surface area contributed by atoms with E-state index in [0.29, 0.717) is 11.6 Å². The fourth-order valence-electron chi connectivity index (χ4n) is 2.22. The highest BCUT2D eigenvalue weighted by molar-refractivity contribution is 6.30. The number of carbonyl (C=O) groups excluding carboxylic acids is 1. The van der Waals surface area contributed by atoms with Crippen LogP contribution in [-0.4, -0.2) is 42.5 Å². The summed E-state index contributed by atoms with van der Waals surface area (Å²) >= 11 is 5.81. The summed E-state index contributed by atoms with van der Waals surface area (Å²) < 4.78 is 0. The molecule has 0 spiro atoms. The third-order valence-electron chi connectivity index (χ3n) is 3.43. The van der Waals surface area contributed by atoms with E-state index in [0.717, 1.165) is 25.3 Å². The normalized spacial score (nSPS) is 19.1. The summed E-state index contributed by atoms with van der Waals surface area (Å²) in [5.41, 5.74) is 0.789. The average molecular weight is 282 g/mol. The highest BCUT2D eigenvalue weighted by atomic mass is 35.5. The molecule has 0 aliphatic carbocycles. The molecule has 5 heteroatoms. The zero-order valence-electron chi connectivity index (χ0n) is 11.4. The van der Waals surface area contributed by atoms with E-state index in [1.807, 2.05) is 12.1 Å². The standard InChI is InChI=1S/C14H20ClN3O/c1-14(2)10-16-7-8-18(14)9-13(19)17-12-5-3-11(15)4-6-12/h3-6,16H,7-10H2,1-2H3,(H,17,19). The van der Waals surface area contributed by atoms with Crippen LogP contribution in [0.3, 0.4) is 0 Å². The molecule has 1 aromatic rings. The molecular weight excluding hydrogens is 262 g/mol. The van der Waals surface area contributed by atoms with E-state index < -0.39 is 0 Å². The first-order valence-electron chi connectivity index (χ1n) is 6.48. The van der Waals surface area contributed by atoms with Gasteiger partial charge in [0.1, 0.15) is 0 Å². The molecule has 1 saturated heterocycles. The van der Waals surface area contributed by atoms with E-state index in [4.69, 9.17) is 11.6 Å². The molecule has 1 aromatic carbocycles. The number of nitrogens with one attached hydrogen (secondary N) is 2. The number of benzene rings is 1. The number of nitrogens with zero attached hydrogens (tertiary/aromatic N) is 1. The second kappa shape index (κ2) is 5.90. The number of carbonyl (C=O) groups is 1. The van der Waals surface area contributed by atoms with E-state index in [1.165, 1.54) is 0 Å². The first kappa shape index (κ1) is 14.3. The van der Waals surface area contributed by atoms with Gasteiger partial charge in [-0.3, -0.25) is 9.69 Å². The second-order valence-electron chi connectivity index (χ2n) is 5.47. The second-order valence-corrected chi connectivity index (χ2v) is 5.90. The van der Waals surface area contributed by atoms with Crippen molar-refractivity contribution in [1.82, 2.24) is 10.2 Å². The van der Waals surface area contributed by atoms with Gasteiger partial charge in [-0.05, 0) is 38.1 Å². The summed E-state index contributed by atoms with van der Waals surface area (Å²) in [4.78, 5) is 14.3. The Hall–Kier alpha value is -1.10. The van der Waals surface area contributed by atoms with Crippen LogP contribution in [-0.2, 0) is 4.79 Å². The summed E-state index contributed by atoms with van der Waals surface area (Å²) in [6, 6.07) is 7.16. The number of halogens is 1. The predicted octanol–water partition coefficient (Wildman–Crippen LogP) is 1.96. The monoisotopic (exact) mass is 281 g/mol. The fourth-order valence-corrected chi connectivity index (χ4v) is 2.35. The van der Waals surface area contributed by atoms with E-state index in [2.05, 4.69) is 29.4 Å². The van der Waals surface area contributed by atoms with Crippen molar-refractivity contribution in [2.24, 2.45) is 0 Å². The Balaban J connectivity index is 1.92. The van der Waals surface area contributed by atoms with Crippen LogP contribution in [0.4, 0.5) is 5.69 Å². The van der Waals surface area contributed by atoms with Gasteiger partial charge in [0.25, 0.3) is 0 Å². The predicted molar refractivity (Wildman–Crippen MR) is 78.6 cm³/mol. The van der Waals surface area contributed by atoms with E-state index in [1.54, 1.807) is 12.1 Å². The minimum atomic E-state index is 0.00951. The average Bonchev–Trinajstić information content (AvgIpc) is 2.35. The van der Waals surface area contributed by atoms with Crippen LogP contribution in [0.5, 0.6) is 0 Å². The van der Waals surface area contributed by atoms with Crippen molar-refractivity contribution < 1.29 is 4.79 Å². The van der Waals surface area contributed by atoms with Gasteiger partial charge < -0.3 is 10.6 Å².